The molecule has 0 amide bonds. The van der Waals surface area contributed by atoms with Gasteiger partial charge in [0.1, 0.15) is 0 Å². The van der Waals surface area contributed by atoms with Crippen LogP contribution >= 0.6 is 11.3 Å². The van der Waals surface area contributed by atoms with Crippen LogP contribution in [0.4, 0.5) is 0 Å². The van der Waals surface area contributed by atoms with Gasteiger partial charge in [0.15, 0.2) is 0 Å². The average Bonchev–Trinajstić information content (AvgIpc) is 2.71. The van der Waals surface area contributed by atoms with Gasteiger partial charge in [0, 0.05) is 10.9 Å². The topological polar surface area (TPSA) is 24.9 Å². The van der Waals surface area contributed by atoms with Crippen LogP contribution in [0.15, 0.2) is 0 Å². The zero-order valence-electron chi connectivity index (χ0n) is 12.8. The molecule has 1 heterocycles. The van der Waals surface area contributed by atoms with E-state index in [2.05, 4.69) is 38.0 Å². The lowest BCUT2D eigenvalue weighted by Crippen LogP contribution is -2.31. The molecule has 2 rings (SSSR count). The van der Waals surface area contributed by atoms with E-state index < -0.39 is 0 Å². The van der Waals surface area contributed by atoms with Crippen molar-refractivity contribution in [2.45, 2.75) is 65.8 Å². The summed E-state index contributed by atoms with van der Waals surface area (Å²) in [6, 6.07) is 0.540. The second-order valence-electron chi connectivity index (χ2n) is 6.13. The molecule has 0 saturated heterocycles. The fraction of sp³-hybridized carbons (Fsp3) is 0.812. The first kappa shape index (κ1) is 15.0. The van der Waals surface area contributed by atoms with E-state index in [4.69, 9.17) is 0 Å². The maximum atomic E-state index is 4.63. The lowest BCUT2D eigenvalue weighted by Gasteiger charge is -2.33. The Labute approximate surface area is 122 Å². The molecule has 19 heavy (non-hydrogen) atoms. The molecule has 3 heteroatoms. The van der Waals surface area contributed by atoms with Gasteiger partial charge in [-0.05, 0) is 51.5 Å². The van der Waals surface area contributed by atoms with E-state index in [0.717, 1.165) is 18.4 Å². The number of aromatic nitrogens is 1. The first-order valence-corrected chi connectivity index (χ1v) is 8.60. The Morgan fingerprint density at radius 1 is 1.26 bits per heavy atom. The van der Waals surface area contributed by atoms with Gasteiger partial charge in [-0.3, -0.25) is 0 Å². The molecule has 1 aliphatic rings. The van der Waals surface area contributed by atoms with E-state index in [1.165, 1.54) is 47.7 Å². The van der Waals surface area contributed by atoms with Gasteiger partial charge < -0.3 is 5.32 Å². The smallest absolute Gasteiger partial charge is 0.0900 e. The highest BCUT2D eigenvalue weighted by molar-refractivity contribution is 7.11. The first-order chi connectivity index (χ1) is 9.11. The van der Waals surface area contributed by atoms with E-state index in [1.54, 1.807) is 0 Å². The van der Waals surface area contributed by atoms with Crippen molar-refractivity contribution in [3.63, 3.8) is 0 Å². The third kappa shape index (κ3) is 3.79. The minimum absolute atomic E-state index is 0.540. The molecule has 1 N–H and O–H groups in total. The first-order valence-electron chi connectivity index (χ1n) is 7.79. The highest BCUT2D eigenvalue weighted by Crippen LogP contribution is 2.39. The number of aryl methyl sites for hydroxylation is 2. The van der Waals surface area contributed by atoms with Crippen LogP contribution in [0, 0.1) is 25.7 Å². The van der Waals surface area contributed by atoms with Crippen molar-refractivity contribution >= 4 is 11.3 Å². The van der Waals surface area contributed by atoms with Crippen LogP contribution in [0.1, 0.15) is 67.6 Å². The molecule has 1 atom stereocenters. The molecule has 0 radical (unpaired) electrons. The summed E-state index contributed by atoms with van der Waals surface area (Å²) in [5.41, 5.74) is 1.25. The fourth-order valence-electron chi connectivity index (χ4n) is 3.23. The van der Waals surface area contributed by atoms with Crippen LogP contribution in [0.5, 0.6) is 0 Å². The molecule has 1 fully saturated rings. The van der Waals surface area contributed by atoms with Crippen molar-refractivity contribution < 1.29 is 0 Å². The van der Waals surface area contributed by atoms with E-state index >= 15 is 0 Å². The monoisotopic (exact) mass is 280 g/mol. The molecule has 108 valence electrons. The maximum Gasteiger partial charge on any atom is 0.0900 e. The Hall–Kier alpha value is -0.410. The van der Waals surface area contributed by atoms with E-state index in [1.807, 2.05) is 11.3 Å². The van der Waals surface area contributed by atoms with E-state index in [9.17, 15) is 0 Å². The normalized spacial score (nSPS) is 25.5. The molecular weight excluding hydrogens is 252 g/mol. The third-order valence-corrected chi connectivity index (χ3v) is 5.52. The van der Waals surface area contributed by atoms with Crippen molar-refractivity contribution in [3.8, 4) is 0 Å². The van der Waals surface area contributed by atoms with E-state index in [0.29, 0.717) is 6.04 Å². The summed E-state index contributed by atoms with van der Waals surface area (Å²) < 4.78 is 0. The molecule has 1 saturated carbocycles. The number of rotatable bonds is 5. The number of hydrogen-bond acceptors (Lipinski definition) is 3. The predicted octanol–water partition coefficient (Wildman–Crippen LogP) is 4.63. The second kappa shape index (κ2) is 6.85. The van der Waals surface area contributed by atoms with Crippen LogP contribution in [0.2, 0.25) is 0 Å². The summed E-state index contributed by atoms with van der Waals surface area (Å²) in [6.45, 7) is 10.1. The maximum absolute atomic E-state index is 4.63. The van der Waals surface area contributed by atoms with Crippen molar-refractivity contribution in [2.24, 2.45) is 11.8 Å². The van der Waals surface area contributed by atoms with Gasteiger partial charge in [0.2, 0.25) is 0 Å². The van der Waals surface area contributed by atoms with Crippen molar-refractivity contribution in [1.29, 1.82) is 0 Å². The van der Waals surface area contributed by atoms with Crippen LogP contribution in [-0.4, -0.2) is 11.5 Å². The molecule has 1 unspecified atom stereocenters. The minimum Gasteiger partial charge on any atom is -0.309 e. The molecule has 0 aliphatic heterocycles. The number of nitrogens with zero attached hydrogens (tertiary/aromatic N) is 1. The standard InChI is InChI=1S/C16H28N2S/c1-5-10-17-15(14-8-6-11(2)7-9-14)16-12(3)18-13(4)19-16/h11,14-15,17H,5-10H2,1-4H3. The lowest BCUT2D eigenvalue weighted by atomic mass is 9.78. The van der Waals surface area contributed by atoms with Crippen molar-refractivity contribution in [3.05, 3.63) is 15.6 Å². The Balaban J connectivity index is 2.13. The van der Waals surface area contributed by atoms with Gasteiger partial charge in [-0.25, -0.2) is 4.98 Å². The summed E-state index contributed by atoms with van der Waals surface area (Å²) in [5.74, 6) is 1.73. The second-order valence-corrected chi connectivity index (χ2v) is 7.37. The minimum atomic E-state index is 0.540. The molecule has 0 aromatic carbocycles. The van der Waals surface area contributed by atoms with Gasteiger partial charge in [-0.1, -0.05) is 26.7 Å². The predicted molar refractivity (Wildman–Crippen MR) is 83.7 cm³/mol. The molecule has 1 aromatic rings. The zero-order chi connectivity index (χ0) is 13.8. The summed E-state index contributed by atoms with van der Waals surface area (Å²) in [7, 11) is 0. The lowest BCUT2D eigenvalue weighted by molar-refractivity contribution is 0.233. The largest absolute Gasteiger partial charge is 0.309 e. The molecule has 2 nitrogen and oxygen atoms in total. The Morgan fingerprint density at radius 2 is 1.95 bits per heavy atom. The van der Waals surface area contributed by atoms with Gasteiger partial charge in [0.05, 0.1) is 10.7 Å². The summed E-state index contributed by atoms with van der Waals surface area (Å²) in [6.07, 6.45) is 6.74. The third-order valence-electron chi connectivity index (χ3n) is 4.37. The van der Waals surface area contributed by atoms with E-state index in [-0.39, 0.29) is 0 Å². The Bertz CT molecular complexity index is 391. The molecule has 0 bridgehead atoms. The Kier molecular flexibility index (Phi) is 5.40. The van der Waals surface area contributed by atoms with Gasteiger partial charge >= 0.3 is 0 Å². The van der Waals surface area contributed by atoms with Gasteiger partial charge in [-0.15, -0.1) is 11.3 Å². The van der Waals surface area contributed by atoms with Crippen molar-refractivity contribution in [1.82, 2.24) is 10.3 Å². The molecular formula is C16H28N2S. The quantitative estimate of drug-likeness (QED) is 0.851. The van der Waals surface area contributed by atoms with Crippen molar-refractivity contribution in [2.75, 3.05) is 6.54 Å². The Morgan fingerprint density at radius 3 is 2.47 bits per heavy atom. The van der Waals surface area contributed by atoms with Crippen LogP contribution in [0.3, 0.4) is 0 Å². The fourth-order valence-corrected chi connectivity index (χ4v) is 4.33. The number of nitrogens with one attached hydrogen (secondary N) is 1. The highest BCUT2D eigenvalue weighted by Gasteiger charge is 2.29. The number of thiazole rings is 1. The SMILES string of the molecule is CCCNC(c1sc(C)nc1C)C1CCC(C)CC1. The zero-order valence-corrected chi connectivity index (χ0v) is 13.6. The molecule has 1 aliphatic carbocycles. The summed E-state index contributed by atoms with van der Waals surface area (Å²) in [5, 5.41) is 5.00. The molecule has 1 aromatic heterocycles. The number of hydrogen-bond donors (Lipinski definition) is 1. The average molecular weight is 280 g/mol. The van der Waals surface area contributed by atoms with Crippen LogP contribution < -0.4 is 5.32 Å². The van der Waals surface area contributed by atoms with Crippen LogP contribution in [0.25, 0.3) is 0 Å². The summed E-state index contributed by atoms with van der Waals surface area (Å²) in [4.78, 5) is 6.12. The summed E-state index contributed by atoms with van der Waals surface area (Å²) >= 11 is 1.89. The van der Waals surface area contributed by atoms with Gasteiger partial charge in [-0.2, -0.15) is 0 Å². The van der Waals surface area contributed by atoms with Crippen LogP contribution in [-0.2, 0) is 0 Å². The highest BCUT2D eigenvalue weighted by atomic mass is 32.1. The van der Waals surface area contributed by atoms with Gasteiger partial charge in [0.25, 0.3) is 0 Å². The molecule has 0 spiro atoms.